The predicted molar refractivity (Wildman–Crippen MR) is 80.7 cm³/mol. The lowest BCUT2D eigenvalue weighted by molar-refractivity contribution is -0.118. The largest absolute Gasteiger partial charge is 0.511 e. The molecule has 1 N–H and O–H groups in total. The molecule has 20 heavy (non-hydrogen) atoms. The number of carbonyl (C=O) groups is 1. The van der Waals surface area contributed by atoms with E-state index in [0.717, 1.165) is 42.4 Å². The number of fused-ring (bicyclic) bond motifs is 1. The van der Waals surface area contributed by atoms with E-state index in [9.17, 15) is 9.90 Å². The first-order valence-corrected chi connectivity index (χ1v) is 7.56. The van der Waals surface area contributed by atoms with E-state index < -0.39 is 0 Å². The Hall–Kier alpha value is -1.57. The Morgan fingerprint density at radius 1 is 1.00 bits per heavy atom. The highest BCUT2D eigenvalue weighted by molar-refractivity contribution is 6.25. The van der Waals surface area contributed by atoms with E-state index in [2.05, 4.69) is 19.1 Å². The van der Waals surface area contributed by atoms with Gasteiger partial charge in [-0.2, -0.15) is 0 Å². The van der Waals surface area contributed by atoms with Gasteiger partial charge < -0.3 is 5.11 Å². The van der Waals surface area contributed by atoms with Crippen LogP contribution in [0.15, 0.2) is 17.9 Å². The van der Waals surface area contributed by atoms with E-state index in [0.29, 0.717) is 11.3 Å². The van der Waals surface area contributed by atoms with Gasteiger partial charge >= 0.3 is 0 Å². The van der Waals surface area contributed by atoms with Gasteiger partial charge in [0.1, 0.15) is 5.76 Å². The standard InChI is InChI=1S/C18H22O2/c1-10-8-11(2)15(12(3)9-10)16-17(19)13-6-4-5-7-14(13)18(16)20/h8-9,13-14,19H,4-7H2,1-3H3. The minimum Gasteiger partial charge on any atom is -0.511 e. The van der Waals surface area contributed by atoms with Crippen molar-refractivity contribution in [1.82, 2.24) is 0 Å². The normalized spacial score (nSPS) is 26.1. The summed E-state index contributed by atoms with van der Waals surface area (Å²) < 4.78 is 0. The second-order valence-corrected chi connectivity index (χ2v) is 6.40. The average Bonchev–Trinajstić information content (AvgIpc) is 2.64. The molecule has 2 nitrogen and oxygen atoms in total. The van der Waals surface area contributed by atoms with Gasteiger partial charge in [-0.25, -0.2) is 0 Å². The fraction of sp³-hybridized carbons (Fsp3) is 0.500. The molecule has 0 aromatic heterocycles. The maximum absolute atomic E-state index is 12.7. The molecule has 2 atom stereocenters. The molecule has 0 amide bonds. The van der Waals surface area contributed by atoms with Crippen LogP contribution in [0.4, 0.5) is 0 Å². The number of carbonyl (C=O) groups excluding carboxylic acids is 1. The van der Waals surface area contributed by atoms with Crippen molar-refractivity contribution in [2.24, 2.45) is 11.8 Å². The van der Waals surface area contributed by atoms with Crippen LogP contribution in [0.5, 0.6) is 0 Å². The molecule has 1 aromatic carbocycles. The summed E-state index contributed by atoms with van der Waals surface area (Å²) in [6.07, 6.45) is 4.12. The van der Waals surface area contributed by atoms with Crippen LogP contribution in [0.1, 0.15) is 47.9 Å². The molecule has 1 aromatic rings. The first-order chi connectivity index (χ1) is 9.50. The molecule has 2 aliphatic rings. The van der Waals surface area contributed by atoms with Gasteiger partial charge in [-0.3, -0.25) is 4.79 Å². The summed E-state index contributed by atoms with van der Waals surface area (Å²) in [5, 5.41) is 10.6. The Balaban J connectivity index is 2.14. The highest BCUT2D eigenvalue weighted by Crippen LogP contribution is 2.46. The third-order valence-corrected chi connectivity index (χ3v) is 4.88. The van der Waals surface area contributed by atoms with Crippen LogP contribution < -0.4 is 0 Å². The van der Waals surface area contributed by atoms with Crippen molar-refractivity contribution in [3.05, 3.63) is 40.1 Å². The Morgan fingerprint density at radius 3 is 2.10 bits per heavy atom. The summed E-state index contributed by atoms with van der Waals surface area (Å²) >= 11 is 0. The molecule has 0 aliphatic heterocycles. The van der Waals surface area contributed by atoms with Crippen molar-refractivity contribution >= 4 is 11.4 Å². The van der Waals surface area contributed by atoms with Gasteiger partial charge in [0.05, 0.1) is 5.57 Å². The smallest absolute Gasteiger partial charge is 0.170 e. The maximum atomic E-state index is 12.7. The first-order valence-electron chi connectivity index (χ1n) is 7.56. The zero-order chi connectivity index (χ0) is 14.4. The molecule has 0 bridgehead atoms. The maximum Gasteiger partial charge on any atom is 0.170 e. The topological polar surface area (TPSA) is 37.3 Å². The Bertz CT molecular complexity index is 587. The minimum atomic E-state index is 0.0267. The van der Waals surface area contributed by atoms with Crippen molar-refractivity contribution in [2.45, 2.75) is 46.5 Å². The molecule has 2 unspecified atom stereocenters. The van der Waals surface area contributed by atoms with Crippen LogP contribution in [0.25, 0.3) is 5.57 Å². The molecule has 0 radical (unpaired) electrons. The second-order valence-electron chi connectivity index (χ2n) is 6.40. The van der Waals surface area contributed by atoms with Gasteiger partial charge in [0.15, 0.2) is 5.78 Å². The molecule has 1 saturated carbocycles. The summed E-state index contributed by atoms with van der Waals surface area (Å²) in [6, 6.07) is 4.19. The van der Waals surface area contributed by atoms with E-state index in [-0.39, 0.29) is 17.6 Å². The van der Waals surface area contributed by atoms with E-state index in [1.54, 1.807) is 0 Å². The fourth-order valence-corrected chi connectivity index (χ4v) is 4.09. The molecule has 0 spiro atoms. The van der Waals surface area contributed by atoms with Gasteiger partial charge in [0.25, 0.3) is 0 Å². The molecule has 3 rings (SSSR count). The number of Topliss-reactive ketones (excluding diaryl/α,β-unsaturated/α-hetero) is 1. The molecule has 106 valence electrons. The Labute approximate surface area is 120 Å². The van der Waals surface area contributed by atoms with E-state index in [1.807, 2.05) is 13.8 Å². The van der Waals surface area contributed by atoms with Crippen molar-refractivity contribution in [3.8, 4) is 0 Å². The number of aryl methyl sites for hydroxylation is 3. The van der Waals surface area contributed by atoms with Crippen LogP contribution in [0.2, 0.25) is 0 Å². The van der Waals surface area contributed by atoms with Gasteiger partial charge in [-0.15, -0.1) is 0 Å². The first kappa shape index (κ1) is 13.4. The summed E-state index contributed by atoms with van der Waals surface area (Å²) in [6.45, 7) is 6.13. The number of hydrogen-bond acceptors (Lipinski definition) is 2. The van der Waals surface area contributed by atoms with Gasteiger partial charge in [-0.1, -0.05) is 30.5 Å². The number of allylic oxidation sites excluding steroid dienone is 2. The summed E-state index contributed by atoms with van der Waals surface area (Å²) in [5.41, 5.74) is 4.96. The fourth-order valence-electron chi connectivity index (χ4n) is 4.09. The summed E-state index contributed by atoms with van der Waals surface area (Å²) in [5.74, 6) is 0.627. The van der Waals surface area contributed by atoms with Crippen LogP contribution >= 0.6 is 0 Å². The molecular weight excluding hydrogens is 248 g/mol. The SMILES string of the molecule is Cc1cc(C)c(C2=C(O)C3CCCCC3C2=O)c(C)c1. The van der Waals surface area contributed by atoms with Crippen molar-refractivity contribution in [3.63, 3.8) is 0 Å². The lowest BCUT2D eigenvalue weighted by Crippen LogP contribution is -2.21. The van der Waals surface area contributed by atoms with Crippen molar-refractivity contribution in [1.29, 1.82) is 0 Å². The number of aliphatic hydroxyl groups excluding tert-OH is 1. The molecule has 0 saturated heterocycles. The van der Waals surface area contributed by atoms with Gasteiger partial charge in [0, 0.05) is 11.8 Å². The number of hydrogen-bond donors (Lipinski definition) is 1. The highest BCUT2D eigenvalue weighted by Gasteiger charge is 2.44. The Morgan fingerprint density at radius 2 is 1.55 bits per heavy atom. The summed E-state index contributed by atoms with van der Waals surface area (Å²) in [7, 11) is 0. The number of aliphatic hydroxyl groups is 1. The third-order valence-electron chi connectivity index (χ3n) is 4.88. The van der Waals surface area contributed by atoms with Crippen LogP contribution in [0, 0.1) is 32.6 Å². The summed E-state index contributed by atoms with van der Waals surface area (Å²) in [4.78, 5) is 12.7. The molecule has 2 aliphatic carbocycles. The lowest BCUT2D eigenvalue weighted by Gasteiger charge is -2.23. The highest BCUT2D eigenvalue weighted by atomic mass is 16.3. The number of benzene rings is 1. The second kappa shape index (κ2) is 4.76. The van der Waals surface area contributed by atoms with Gasteiger partial charge in [0.2, 0.25) is 0 Å². The van der Waals surface area contributed by atoms with Crippen LogP contribution in [0.3, 0.4) is 0 Å². The van der Waals surface area contributed by atoms with Crippen molar-refractivity contribution in [2.75, 3.05) is 0 Å². The number of ketones is 1. The van der Waals surface area contributed by atoms with E-state index >= 15 is 0 Å². The van der Waals surface area contributed by atoms with E-state index in [1.165, 1.54) is 5.56 Å². The zero-order valence-corrected chi connectivity index (χ0v) is 12.5. The molecule has 2 heteroatoms. The average molecular weight is 270 g/mol. The lowest BCUT2D eigenvalue weighted by atomic mass is 9.80. The minimum absolute atomic E-state index is 0.0267. The zero-order valence-electron chi connectivity index (χ0n) is 12.5. The monoisotopic (exact) mass is 270 g/mol. The third kappa shape index (κ3) is 1.90. The van der Waals surface area contributed by atoms with Gasteiger partial charge in [-0.05, 0) is 50.3 Å². The molecule has 1 fully saturated rings. The number of rotatable bonds is 1. The molecule has 0 heterocycles. The quantitative estimate of drug-likeness (QED) is 0.827. The van der Waals surface area contributed by atoms with Crippen LogP contribution in [-0.4, -0.2) is 10.9 Å². The van der Waals surface area contributed by atoms with E-state index in [4.69, 9.17) is 0 Å². The Kier molecular flexibility index (Phi) is 3.19. The predicted octanol–water partition coefficient (Wildman–Crippen LogP) is 4.27. The van der Waals surface area contributed by atoms with Crippen LogP contribution in [-0.2, 0) is 4.79 Å². The van der Waals surface area contributed by atoms with Crippen molar-refractivity contribution < 1.29 is 9.90 Å². The molecular formula is C18H22O2.